The summed E-state index contributed by atoms with van der Waals surface area (Å²) in [6.45, 7) is 0. The Balaban J connectivity index is 1.61. The maximum absolute atomic E-state index is 11.8. The van der Waals surface area contributed by atoms with Gasteiger partial charge in [0.2, 0.25) is 0 Å². The third-order valence-corrected chi connectivity index (χ3v) is 5.64. The lowest BCUT2D eigenvalue weighted by molar-refractivity contribution is 0.294. The van der Waals surface area contributed by atoms with Crippen LogP contribution in [-0.4, -0.2) is 33.6 Å². The van der Waals surface area contributed by atoms with Crippen molar-refractivity contribution in [3.8, 4) is 0 Å². The molecule has 20 heavy (non-hydrogen) atoms. The van der Waals surface area contributed by atoms with Gasteiger partial charge in [-0.1, -0.05) is 31.0 Å². The van der Waals surface area contributed by atoms with E-state index in [4.69, 9.17) is 0 Å². The van der Waals surface area contributed by atoms with Crippen molar-refractivity contribution in [2.24, 2.45) is 5.92 Å². The zero-order valence-electron chi connectivity index (χ0n) is 12.1. The number of aromatic nitrogens is 3. The first-order valence-electron chi connectivity index (χ1n) is 7.76. The van der Waals surface area contributed by atoms with Gasteiger partial charge in [-0.15, -0.1) is 5.10 Å². The van der Waals surface area contributed by atoms with E-state index in [0.717, 1.165) is 29.7 Å². The molecule has 6 heteroatoms. The Morgan fingerprint density at radius 2 is 2.10 bits per heavy atom. The summed E-state index contributed by atoms with van der Waals surface area (Å²) in [7, 11) is 2.05. The fourth-order valence-corrected chi connectivity index (χ4v) is 4.45. The fraction of sp³-hybridized carbons (Fsp3) is 0.857. The Morgan fingerprint density at radius 3 is 2.75 bits per heavy atom. The molecule has 0 bridgehead atoms. The Bertz CT molecular complexity index is 488. The maximum atomic E-state index is 11.8. The van der Waals surface area contributed by atoms with Crippen LogP contribution in [0.3, 0.4) is 0 Å². The zero-order chi connectivity index (χ0) is 13.9. The summed E-state index contributed by atoms with van der Waals surface area (Å²) in [5.74, 6) is 1.78. The molecule has 2 aliphatic carbocycles. The van der Waals surface area contributed by atoms with Crippen LogP contribution in [0.4, 0.5) is 0 Å². The quantitative estimate of drug-likeness (QED) is 0.790. The van der Waals surface area contributed by atoms with Crippen LogP contribution in [0.5, 0.6) is 0 Å². The first-order chi connectivity index (χ1) is 9.79. The normalized spacial score (nSPS) is 22.1. The summed E-state index contributed by atoms with van der Waals surface area (Å²) in [5, 5.41) is 11.1. The maximum Gasteiger partial charge on any atom is 0.344 e. The molecule has 2 aliphatic rings. The molecule has 3 rings (SSSR count). The number of nitrogens with one attached hydrogen (secondary N) is 2. The number of H-pyrrole nitrogens is 1. The van der Waals surface area contributed by atoms with Gasteiger partial charge in [-0.2, -0.15) is 0 Å². The van der Waals surface area contributed by atoms with Crippen LogP contribution >= 0.6 is 11.8 Å². The molecular weight excluding hydrogens is 272 g/mol. The van der Waals surface area contributed by atoms with Gasteiger partial charge >= 0.3 is 5.69 Å². The molecule has 0 saturated heterocycles. The number of hydrogen-bond donors (Lipinski definition) is 2. The summed E-state index contributed by atoms with van der Waals surface area (Å²) in [5.41, 5.74) is -0.0475. The monoisotopic (exact) mass is 296 g/mol. The highest BCUT2D eigenvalue weighted by atomic mass is 32.2. The summed E-state index contributed by atoms with van der Waals surface area (Å²) in [6.07, 6.45) is 9.02. The van der Waals surface area contributed by atoms with Crippen molar-refractivity contribution in [2.45, 2.75) is 62.2 Å². The zero-order valence-corrected chi connectivity index (χ0v) is 12.9. The van der Waals surface area contributed by atoms with Crippen LogP contribution in [0.1, 0.15) is 51.0 Å². The minimum atomic E-state index is -0.0475. The predicted octanol–water partition coefficient (Wildman–Crippen LogP) is 2.17. The molecule has 0 aromatic carbocycles. The van der Waals surface area contributed by atoms with Crippen molar-refractivity contribution in [3.63, 3.8) is 0 Å². The summed E-state index contributed by atoms with van der Waals surface area (Å²) < 4.78 is 1.85. The predicted molar refractivity (Wildman–Crippen MR) is 81.3 cm³/mol. The van der Waals surface area contributed by atoms with Crippen LogP contribution in [0.25, 0.3) is 0 Å². The van der Waals surface area contributed by atoms with E-state index in [9.17, 15) is 4.79 Å². The molecule has 1 heterocycles. The molecule has 0 amide bonds. The number of rotatable bonds is 6. The second kappa shape index (κ2) is 6.35. The topological polar surface area (TPSA) is 62.7 Å². The SMILES string of the molecule is CNC(CSc1n[nH]c(=O)n1C1CC1)C1CCCCC1. The largest absolute Gasteiger partial charge is 0.344 e. The molecule has 2 N–H and O–H groups in total. The third-order valence-electron chi connectivity index (χ3n) is 4.57. The number of nitrogens with zero attached hydrogens (tertiary/aromatic N) is 2. The minimum Gasteiger partial charge on any atom is -0.316 e. The van der Waals surface area contributed by atoms with Crippen molar-refractivity contribution in [2.75, 3.05) is 12.8 Å². The molecule has 1 aromatic rings. The van der Waals surface area contributed by atoms with E-state index in [1.807, 2.05) is 4.57 Å². The highest BCUT2D eigenvalue weighted by Crippen LogP contribution is 2.36. The van der Waals surface area contributed by atoms with E-state index >= 15 is 0 Å². The van der Waals surface area contributed by atoms with Crippen LogP contribution in [0.15, 0.2) is 9.95 Å². The van der Waals surface area contributed by atoms with Gasteiger partial charge in [-0.3, -0.25) is 4.57 Å². The van der Waals surface area contributed by atoms with E-state index in [0.29, 0.717) is 12.1 Å². The van der Waals surface area contributed by atoms with Crippen molar-refractivity contribution in [3.05, 3.63) is 10.5 Å². The number of thioether (sulfide) groups is 1. The second-order valence-corrected chi connectivity index (χ2v) is 7.00. The van der Waals surface area contributed by atoms with Crippen molar-refractivity contribution in [1.29, 1.82) is 0 Å². The highest BCUT2D eigenvalue weighted by molar-refractivity contribution is 7.99. The average Bonchev–Trinajstić information content (AvgIpc) is 3.25. The van der Waals surface area contributed by atoms with Crippen LogP contribution in [0.2, 0.25) is 0 Å². The van der Waals surface area contributed by atoms with Gasteiger partial charge in [-0.05, 0) is 38.6 Å². The summed E-state index contributed by atoms with van der Waals surface area (Å²) in [4.78, 5) is 11.8. The molecule has 112 valence electrons. The first kappa shape index (κ1) is 14.2. The Morgan fingerprint density at radius 1 is 1.35 bits per heavy atom. The molecule has 0 aliphatic heterocycles. The minimum absolute atomic E-state index is 0.0475. The molecule has 1 aromatic heterocycles. The Kier molecular flexibility index (Phi) is 4.51. The van der Waals surface area contributed by atoms with Gasteiger partial charge < -0.3 is 5.32 Å². The van der Waals surface area contributed by atoms with Gasteiger partial charge in [0.25, 0.3) is 0 Å². The molecule has 2 saturated carbocycles. The molecule has 1 unspecified atom stereocenters. The summed E-state index contributed by atoms with van der Waals surface area (Å²) in [6, 6.07) is 0.922. The van der Waals surface area contributed by atoms with E-state index in [-0.39, 0.29) is 5.69 Å². The van der Waals surface area contributed by atoms with Gasteiger partial charge in [0, 0.05) is 17.8 Å². The molecule has 0 radical (unpaired) electrons. The molecule has 5 nitrogen and oxygen atoms in total. The Hall–Kier alpha value is -0.750. The van der Waals surface area contributed by atoms with Crippen LogP contribution < -0.4 is 11.0 Å². The van der Waals surface area contributed by atoms with Crippen LogP contribution in [0, 0.1) is 5.92 Å². The third kappa shape index (κ3) is 3.11. The molecule has 2 fully saturated rings. The van der Waals surface area contributed by atoms with Crippen LogP contribution in [-0.2, 0) is 0 Å². The van der Waals surface area contributed by atoms with E-state index < -0.39 is 0 Å². The fourth-order valence-electron chi connectivity index (χ4n) is 3.20. The second-order valence-electron chi connectivity index (χ2n) is 6.02. The van der Waals surface area contributed by atoms with E-state index in [1.165, 1.54) is 32.1 Å². The lowest BCUT2D eigenvalue weighted by Gasteiger charge is -2.29. The summed E-state index contributed by atoms with van der Waals surface area (Å²) >= 11 is 1.72. The Labute approximate surface area is 123 Å². The van der Waals surface area contributed by atoms with Gasteiger partial charge in [-0.25, -0.2) is 9.89 Å². The van der Waals surface area contributed by atoms with Crippen molar-refractivity contribution in [1.82, 2.24) is 20.1 Å². The number of aromatic amines is 1. The van der Waals surface area contributed by atoms with Gasteiger partial charge in [0.1, 0.15) is 0 Å². The van der Waals surface area contributed by atoms with Crippen molar-refractivity contribution < 1.29 is 0 Å². The smallest absolute Gasteiger partial charge is 0.316 e. The standard InChI is InChI=1S/C14H24N4OS/c1-15-12(10-5-3-2-4-6-10)9-20-14-17-16-13(19)18(14)11-7-8-11/h10-12,15H,2-9H2,1H3,(H,16,19). The van der Waals surface area contributed by atoms with E-state index in [2.05, 4.69) is 22.6 Å². The van der Waals surface area contributed by atoms with Crippen molar-refractivity contribution >= 4 is 11.8 Å². The lowest BCUT2D eigenvalue weighted by Crippen LogP contribution is -2.37. The lowest BCUT2D eigenvalue weighted by atomic mass is 9.84. The number of hydrogen-bond acceptors (Lipinski definition) is 4. The highest BCUT2D eigenvalue weighted by Gasteiger charge is 2.29. The van der Waals surface area contributed by atoms with Gasteiger partial charge in [0.15, 0.2) is 5.16 Å². The first-order valence-corrected chi connectivity index (χ1v) is 8.75. The molecule has 1 atom stereocenters. The molecular formula is C14H24N4OS. The van der Waals surface area contributed by atoms with Gasteiger partial charge in [0.05, 0.1) is 0 Å². The average molecular weight is 296 g/mol. The molecule has 0 spiro atoms. The van der Waals surface area contributed by atoms with E-state index in [1.54, 1.807) is 11.8 Å².